The monoisotopic (exact) mass is 662 g/mol. The number of fused-ring (bicyclic) bond motifs is 4. The van der Waals surface area contributed by atoms with Crippen molar-refractivity contribution in [2.24, 2.45) is 0 Å². The van der Waals surface area contributed by atoms with Crippen LogP contribution in [0, 0.1) is 0 Å². The lowest BCUT2D eigenvalue weighted by Crippen LogP contribution is -2.09. The molecule has 248 valence electrons. The van der Waals surface area contributed by atoms with Crippen molar-refractivity contribution >= 4 is 33.0 Å². The Balaban J connectivity index is 1.26. The van der Waals surface area contributed by atoms with Crippen LogP contribution in [0.2, 0.25) is 0 Å². The third kappa shape index (κ3) is 5.26. The minimum absolute atomic E-state index is 0.261. The van der Waals surface area contributed by atoms with Crippen LogP contribution in [0.3, 0.4) is 0 Å². The highest BCUT2D eigenvalue weighted by atomic mass is 16.3. The number of rotatable bonds is 7. The molecule has 0 radical (unpaired) electrons. The Labute approximate surface area is 297 Å². The van der Waals surface area contributed by atoms with Crippen molar-refractivity contribution < 1.29 is 8.83 Å². The molecule has 0 saturated carbocycles. The van der Waals surface area contributed by atoms with Crippen molar-refractivity contribution in [2.75, 3.05) is 0 Å². The molecule has 3 heterocycles. The van der Waals surface area contributed by atoms with Gasteiger partial charge in [-0.25, -0.2) is 4.98 Å². The zero-order valence-corrected chi connectivity index (χ0v) is 29.2. The molecular formula is C47H38N2O2. The average Bonchev–Trinajstić information content (AvgIpc) is 3.92. The van der Waals surface area contributed by atoms with Gasteiger partial charge in [0.25, 0.3) is 0 Å². The van der Waals surface area contributed by atoms with Crippen molar-refractivity contribution in [1.29, 1.82) is 0 Å². The van der Waals surface area contributed by atoms with Crippen LogP contribution < -0.4 is 0 Å². The van der Waals surface area contributed by atoms with Crippen LogP contribution in [0.5, 0.6) is 0 Å². The molecule has 0 fully saturated rings. The molecule has 4 nitrogen and oxygen atoms in total. The summed E-state index contributed by atoms with van der Waals surface area (Å²) in [5.74, 6) is 2.21. The van der Waals surface area contributed by atoms with Gasteiger partial charge in [0, 0.05) is 16.3 Å². The van der Waals surface area contributed by atoms with Gasteiger partial charge in [-0.3, -0.25) is 4.57 Å². The summed E-state index contributed by atoms with van der Waals surface area (Å²) in [4.78, 5) is 5.35. The number of hydrogen-bond donors (Lipinski definition) is 0. The molecule has 0 aliphatic heterocycles. The Morgan fingerprint density at radius 3 is 1.92 bits per heavy atom. The van der Waals surface area contributed by atoms with Crippen LogP contribution in [0.25, 0.3) is 83.6 Å². The van der Waals surface area contributed by atoms with Crippen molar-refractivity contribution in [3.63, 3.8) is 0 Å². The Bertz CT molecular complexity index is 2650. The molecule has 0 aliphatic carbocycles. The predicted octanol–water partition coefficient (Wildman–Crippen LogP) is 13.4. The second-order valence-electron chi connectivity index (χ2n) is 14.0. The molecular weight excluding hydrogens is 625 g/mol. The molecule has 0 N–H and O–H groups in total. The normalized spacial score (nSPS) is 11.9. The number of aromatic nitrogens is 2. The summed E-state index contributed by atoms with van der Waals surface area (Å²) in [6, 6.07) is 49.4. The average molecular weight is 663 g/mol. The molecule has 4 heteroatoms. The summed E-state index contributed by atoms with van der Waals surface area (Å²) in [5, 5.41) is 2.13. The third-order valence-corrected chi connectivity index (χ3v) is 10.1. The van der Waals surface area contributed by atoms with Crippen LogP contribution in [-0.4, -0.2) is 9.55 Å². The first-order valence-electron chi connectivity index (χ1n) is 17.8. The molecule has 9 rings (SSSR count). The van der Waals surface area contributed by atoms with E-state index < -0.39 is 0 Å². The topological polar surface area (TPSA) is 44.1 Å². The summed E-state index contributed by atoms with van der Waals surface area (Å²) in [6.07, 6.45) is 1.70. The van der Waals surface area contributed by atoms with Crippen LogP contribution in [-0.2, 0) is 0 Å². The first-order valence-corrected chi connectivity index (χ1v) is 17.8. The molecule has 6 aromatic carbocycles. The third-order valence-electron chi connectivity index (χ3n) is 10.1. The molecule has 9 aromatic rings. The van der Waals surface area contributed by atoms with Crippen molar-refractivity contribution in [2.45, 2.75) is 39.5 Å². The largest absolute Gasteiger partial charge is 0.464 e. The van der Waals surface area contributed by atoms with Crippen LogP contribution in [0.4, 0.5) is 0 Å². The maximum atomic E-state index is 6.74. The summed E-state index contributed by atoms with van der Waals surface area (Å²) in [7, 11) is 0. The molecule has 3 aromatic heterocycles. The van der Waals surface area contributed by atoms with E-state index in [4.69, 9.17) is 13.8 Å². The van der Waals surface area contributed by atoms with Gasteiger partial charge in [0.1, 0.15) is 22.8 Å². The Hall–Kier alpha value is -6.13. The molecule has 0 amide bonds. The van der Waals surface area contributed by atoms with E-state index in [1.807, 2.05) is 12.1 Å². The lowest BCUT2D eigenvalue weighted by Gasteiger charge is -2.24. The molecule has 51 heavy (non-hydrogen) atoms. The van der Waals surface area contributed by atoms with E-state index in [1.165, 1.54) is 39.1 Å². The van der Waals surface area contributed by atoms with E-state index in [9.17, 15) is 0 Å². The molecule has 0 spiro atoms. The zero-order valence-electron chi connectivity index (χ0n) is 29.2. The first-order chi connectivity index (χ1) is 24.9. The predicted molar refractivity (Wildman–Crippen MR) is 211 cm³/mol. The van der Waals surface area contributed by atoms with Gasteiger partial charge >= 0.3 is 0 Å². The zero-order chi connectivity index (χ0) is 34.6. The van der Waals surface area contributed by atoms with E-state index in [0.717, 1.165) is 55.7 Å². The van der Waals surface area contributed by atoms with Gasteiger partial charge in [-0.1, -0.05) is 113 Å². The van der Waals surface area contributed by atoms with Gasteiger partial charge in [0.05, 0.1) is 28.5 Å². The summed E-state index contributed by atoms with van der Waals surface area (Å²) < 4.78 is 14.8. The van der Waals surface area contributed by atoms with Gasteiger partial charge in [-0.2, -0.15) is 0 Å². The SMILES string of the molecule is CC(C)c1cc(-c2ccc(-c3ccccc3)cc2)cc(C(C)C)c1-n1c(-c2cccc3c2oc2cc(-c4ccco4)ccc23)nc2ccccc21. The van der Waals surface area contributed by atoms with E-state index in [1.54, 1.807) is 6.26 Å². The Morgan fingerprint density at radius 2 is 1.22 bits per heavy atom. The fourth-order valence-electron chi connectivity index (χ4n) is 7.47. The number of imidazole rings is 1. The quantitative estimate of drug-likeness (QED) is 0.171. The van der Waals surface area contributed by atoms with Crippen molar-refractivity contribution in [1.82, 2.24) is 9.55 Å². The maximum absolute atomic E-state index is 6.74. The first kappa shape index (κ1) is 30.9. The number of para-hydroxylation sites is 3. The summed E-state index contributed by atoms with van der Waals surface area (Å²) in [5.41, 5.74) is 14.3. The summed E-state index contributed by atoms with van der Waals surface area (Å²) >= 11 is 0. The Morgan fingerprint density at radius 1 is 0.549 bits per heavy atom. The number of furan rings is 2. The van der Waals surface area contributed by atoms with E-state index in [0.29, 0.717) is 0 Å². The van der Waals surface area contributed by atoms with Crippen LogP contribution in [0.1, 0.15) is 50.7 Å². The smallest absolute Gasteiger partial charge is 0.149 e. The highest BCUT2D eigenvalue weighted by molar-refractivity contribution is 6.10. The fraction of sp³-hybridized carbons (Fsp3) is 0.128. The molecule has 0 bridgehead atoms. The van der Waals surface area contributed by atoms with E-state index in [2.05, 4.69) is 160 Å². The molecule has 0 aliphatic rings. The number of nitrogens with zero attached hydrogens (tertiary/aromatic N) is 2. The molecule has 0 atom stereocenters. The van der Waals surface area contributed by atoms with Crippen LogP contribution in [0.15, 0.2) is 155 Å². The highest BCUT2D eigenvalue weighted by Crippen LogP contribution is 2.43. The number of benzene rings is 6. The minimum atomic E-state index is 0.261. The summed E-state index contributed by atoms with van der Waals surface area (Å²) in [6.45, 7) is 9.17. The standard InChI is InChI=1S/C47H38N2O2/c1-29(2)39-26-35(33-21-19-32(20-22-33)31-12-6-5-7-13-31)27-40(30(3)4)45(39)49-42-17-9-8-16-41(42)48-47(49)38-15-10-14-37-36-24-23-34(43-18-11-25-50-43)28-44(36)51-46(37)38/h5-30H,1-4H3. The Kier molecular flexibility index (Phi) is 7.47. The fourth-order valence-corrected chi connectivity index (χ4v) is 7.47. The van der Waals surface area contributed by atoms with Gasteiger partial charge in [-0.05, 0) is 99.8 Å². The van der Waals surface area contributed by atoms with Gasteiger partial charge < -0.3 is 8.83 Å². The van der Waals surface area contributed by atoms with Crippen molar-refractivity contribution in [3.8, 4) is 50.7 Å². The highest BCUT2D eigenvalue weighted by Gasteiger charge is 2.25. The molecule has 0 saturated heterocycles. The lowest BCUT2D eigenvalue weighted by atomic mass is 9.87. The van der Waals surface area contributed by atoms with Gasteiger partial charge in [0.2, 0.25) is 0 Å². The second-order valence-corrected chi connectivity index (χ2v) is 14.0. The van der Waals surface area contributed by atoms with E-state index in [-0.39, 0.29) is 11.8 Å². The van der Waals surface area contributed by atoms with Crippen LogP contribution >= 0.6 is 0 Å². The lowest BCUT2D eigenvalue weighted by molar-refractivity contribution is 0.582. The second kappa shape index (κ2) is 12.3. The maximum Gasteiger partial charge on any atom is 0.149 e. The van der Waals surface area contributed by atoms with Gasteiger partial charge in [-0.15, -0.1) is 0 Å². The van der Waals surface area contributed by atoms with E-state index >= 15 is 0 Å². The van der Waals surface area contributed by atoms with Gasteiger partial charge in [0.15, 0.2) is 0 Å². The molecule has 0 unspecified atom stereocenters. The van der Waals surface area contributed by atoms with Crippen molar-refractivity contribution in [3.05, 3.63) is 157 Å². The minimum Gasteiger partial charge on any atom is -0.464 e. The number of hydrogen-bond acceptors (Lipinski definition) is 3.